The number of nitrogens with zero attached hydrogens (tertiary/aromatic N) is 2. The Morgan fingerprint density at radius 3 is 1.12 bits per heavy atom. The van der Waals surface area contributed by atoms with E-state index in [0.717, 1.165) is 38.5 Å². The first-order chi connectivity index (χ1) is 16.0. The van der Waals surface area contributed by atoms with E-state index in [0.29, 0.717) is 11.4 Å². The third-order valence-corrected chi connectivity index (χ3v) is 4.24. The number of non-ortho nitro benzene ring substituents is 2. The van der Waals surface area contributed by atoms with E-state index < -0.39 is 21.8 Å². The molecule has 0 radical (unpaired) electrons. The largest absolute Gasteiger partial charge is 0.481 e. The van der Waals surface area contributed by atoms with Crippen molar-refractivity contribution in [3.05, 3.63) is 68.8 Å². The number of carboxylic acids is 2. The number of nitrogens with two attached hydrogens (primary N) is 2. The normalized spacial score (nSPS) is 9.53. The molecule has 0 bridgehead atoms. The maximum atomic E-state index is 10.1. The number of nitro groups is 2. The van der Waals surface area contributed by atoms with Gasteiger partial charge in [-0.1, -0.05) is 25.7 Å². The van der Waals surface area contributed by atoms with Gasteiger partial charge in [0.2, 0.25) is 0 Å². The molecule has 0 heterocycles. The van der Waals surface area contributed by atoms with Crippen LogP contribution < -0.4 is 11.5 Å². The number of hydrogen-bond donors (Lipinski definition) is 4. The molecule has 12 nitrogen and oxygen atoms in total. The summed E-state index contributed by atoms with van der Waals surface area (Å²) in [6, 6.07) is 11.5. The van der Waals surface area contributed by atoms with Crippen LogP contribution in [0.4, 0.5) is 22.7 Å². The lowest BCUT2D eigenvalue weighted by Gasteiger charge is -1.98. The molecule has 0 fully saturated rings. The molecule has 0 saturated heterocycles. The van der Waals surface area contributed by atoms with Gasteiger partial charge in [0.1, 0.15) is 0 Å². The fourth-order valence-electron chi connectivity index (χ4n) is 2.45. The third kappa shape index (κ3) is 16.5. The summed E-state index contributed by atoms with van der Waals surface area (Å²) in [6.45, 7) is 0. The molecule has 0 spiro atoms. The van der Waals surface area contributed by atoms with E-state index in [2.05, 4.69) is 0 Å². The van der Waals surface area contributed by atoms with Gasteiger partial charge in [0, 0.05) is 48.5 Å². The quantitative estimate of drug-likeness (QED) is 0.152. The molecule has 2 rings (SSSR count). The zero-order valence-electron chi connectivity index (χ0n) is 18.7. The van der Waals surface area contributed by atoms with Gasteiger partial charge in [0.25, 0.3) is 11.4 Å². The van der Waals surface area contributed by atoms with E-state index in [-0.39, 0.29) is 24.2 Å². The summed E-state index contributed by atoms with van der Waals surface area (Å²) in [5.41, 5.74) is 11.8. The van der Waals surface area contributed by atoms with E-state index in [1.807, 2.05) is 0 Å². The van der Waals surface area contributed by atoms with Crippen molar-refractivity contribution in [3.63, 3.8) is 0 Å². The summed E-state index contributed by atoms with van der Waals surface area (Å²) in [4.78, 5) is 39.5. The van der Waals surface area contributed by atoms with Crippen LogP contribution in [0, 0.1) is 20.2 Å². The topological polar surface area (TPSA) is 213 Å². The van der Waals surface area contributed by atoms with Gasteiger partial charge in [-0.25, -0.2) is 0 Å². The van der Waals surface area contributed by atoms with Crippen molar-refractivity contribution in [2.24, 2.45) is 0 Å². The first-order valence-electron chi connectivity index (χ1n) is 10.5. The number of anilines is 2. The summed E-state index contributed by atoms with van der Waals surface area (Å²) < 4.78 is 0. The van der Waals surface area contributed by atoms with Crippen LogP contribution in [0.25, 0.3) is 0 Å². The van der Waals surface area contributed by atoms with Gasteiger partial charge in [0.05, 0.1) is 9.85 Å². The van der Waals surface area contributed by atoms with Crippen molar-refractivity contribution in [2.75, 3.05) is 11.5 Å². The highest BCUT2D eigenvalue weighted by Crippen LogP contribution is 2.13. The molecular weight excluding hydrogens is 448 g/mol. The highest BCUT2D eigenvalue weighted by Gasteiger charge is 2.02. The monoisotopic (exact) mass is 478 g/mol. The van der Waals surface area contributed by atoms with Crippen LogP contribution in [0.5, 0.6) is 0 Å². The van der Waals surface area contributed by atoms with E-state index in [4.69, 9.17) is 21.7 Å². The number of nitrogen functional groups attached to an aromatic ring is 2. The van der Waals surface area contributed by atoms with Crippen LogP contribution in [0.15, 0.2) is 48.5 Å². The van der Waals surface area contributed by atoms with Crippen molar-refractivity contribution in [1.29, 1.82) is 0 Å². The molecule has 2 aromatic carbocycles. The first kappa shape index (κ1) is 29.8. The van der Waals surface area contributed by atoms with Crippen LogP contribution in [0.3, 0.4) is 0 Å². The lowest BCUT2D eigenvalue weighted by Crippen LogP contribution is -1.94. The van der Waals surface area contributed by atoms with E-state index in [1.54, 1.807) is 0 Å². The lowest BCUT2D eigenvalue weighted by atomic mass is 10.1. The zero-order chi connectivity index (χ0) is 25.9. The molecule has 0 unspecified atom stereocenters. The molecule has 2 aromatic rings. The van der Waals surface area contributed by atoms with Gasteiger partial charge >= 0.3 is 11.9 Å². The zero-order valence-corrected chi connectivity index (χ0v) is 18.7. The predicted octanol–water partition coefficient (Wildman–Crippen LogP) is 4.63. The van der Waals surface area contributed by atoms with Crippen LogP contribution in [0.2, 0.25) is 0 Å². The number of aliphatic carboxylic acids is 2. The van der Waals surface area contributed by atoms with E-state index in [1.165, 1.54) is 48.5 Å². The Balaban J connectivity index is 0.000000489. The summed E-state index contributed by atoms with van der Waals surface area (Å²) in [6.07, 6.45) is 5.82. The Bertz CT molecular complexity index is 827. The average Bonchev–Trinajstić information content (AvgIpc) is 2.77. The van der Waals surface area contributed by atoms with Gasteiger partial charge in [-0.15, -0.1) is 0 Å². The average molecular weight is 479 g/mol. The Morgan fingerprint density at radius 2 is 0.882 bits per heavy atom. The van der Waals surface area contributed by atoms with Crippen molar-refractivity contribution < 1.29 is 29.6 Å². The summed E-state index contributed by atoms with van der Waals surface area (Å²) in [5, 5.41) is 36.9. The molecule has 0 aliphatic carbocycles. The summed E-state index contributed by atoms with van der Waals surface area (Å²) in [5.74, 6) is -1.48. The minimum absolute atomic E-state index is 0.0641. The third-order valence-electron chi connectivity index (χ3n) is 4.24. The molecule has 34 heavy (non-hydrogen) atoms. The fourth-order valence-corrected chi connectivity index (χ4v) is 2.45. The predicted molar refractivity (Wildman–Crippen MR) is 127 cm³/mol. The molecule has 0 aliphatic heterocycles. The Kier molecular flexibility index (Phi) is 15.2. The number of unbranched alkanes of at least 4 members (excludes halogenated alkanes) is 5. The van der Waals surface area contributed by atoms with Gasteiger partial charge in [-0.2, -0.15) is 0 Å². The number of carboxylic acid groups (broad SMARTS) is 2. The summed E-state index contributed by atoms with van der Waals surface area (Å²) >= 11 is 0. The van der Waals surface area contributed by atoms with Crippen molar-refractivity contribution in [2.45, 2.75) is 51.4 Å². The van der Waals surface area contributed by atoms with Gasteiger partial charge in [-0.05, 0) is 37.1 Å². The Morgan fingerprint density at radius 1 is 0.618 bits per heavy atom. The van der Waals surface area contributed by atoms with Crippen molar-refractivity contribution >= 4 is 34.7 Å². The molecule has 0 aromatic heterocycles. The fraction of sp³-hybridized carbons (Fsp3) is 0.364. The molecule has 6 N–H and O–H groups in total. The molecular formula is C22H30N4O8. The highest BCUT2D eigenvalue weighted by atomic mass is 16.6. The van der Waals surface area contributed by atoms with Gasteiger partial charge in [-0.3, -0.25) is 29.8 Å². The maximum Gasteiger partial charge on any atom is 0.303 e. The SMILES string of the molecule is Nc1ccc([N+](=O)[O-])cc1.Nc1ccc([N+](=O)[O-])cc1.O=C(O)CCCCCCCCC(=O)O. The Hall–Kier alpha value is -4.22. The number of carbonyl (C=O) groups is 2. The standard InChI is InChI=1S/C10H18O4.2C6H6N2O2/c11-9(12)7-5-3-1-2-4-6-8-10(13)14;2*7-5-1-3-6(4-2-5)8(9)10/h1-8H2,(H,11,12)(H,13,14);2*1-4H,7H2. The number of nitro benzene ring substituents is 2. The smallest absolute Gasteiger partial charge is 0.303 e. The van der Waals surface area contributed by atoms with Gasteiger partial charge in [0.15, 0.2) is 0 Å². The second-order valence-corrected chi connectivity index (χ2v) is 7.11. The summed E-state index contributed by atoms with van der Waals surface area (Å²) in [7, 11) is 0. The molecule has 0 aliphatic rings. The number of rotatable bonds is 11. The highest BCUT2D eigenvalue weighted by molar-refractivity contribution is 5.66. The van der Waals surface area contributed by atoms with Crippen molar-refractivity contribution in [1.82, 2.24) is 0 Å². The van der Waals surface area contributed by atoms with E-state index >= 15 is 0 Å². The number of benzene rings is 2. The molecule has 0 atom stereocenters. The number of hydrogen-bond acceptors (Lipinski definition) is 8. The van der Waals surface area contributed by atoms with Crippen LogP contribution >= 0.6 is 0 Å². The van der Waals surface area contributed by atoms with Crippen LogP contribution in [-0.2, 0) is 9.59 Å². The van der Waals surface area contributed by atoms with Gasteiger partial charge < -0.3 is 21.7 Å². The molecule has 12 heteroatoms. The Labute approximate surface area is 196 Å². The van der Waals surface area contributed by atoms with E-state index in [9.17, 15) is 29.8 Å². The minimum Gasteiger partial charge on any atom is -0.481 e. The molecule has 0 amide bonds. The first-order valence-corrected chi connectivity index (χ1v) is 10.5. The second-order valence-electron chi connectivity index (χ2n) is 7.11. The van der Waals surface area contributed by atoms with Crippen molar-refractivity contribution in [3.8, 4) is 0 Å². The molecule has 0 saturated carbocycles. The second kappa shape index (κ2) is 17.3. The lowest BCUT2D eigenvalue weighted by molar-refractivity contribution is -0.385. The van der Waals surface area contributed by atoms with Crippen LogP contribution in [-0.4, -0.2) is 32.0 Å². The maximum absolute atomic E-state index is 10.1. The molecule has 186 valence electrons. The minimum atomic E-state index is -0.740. The van der Waals surface area contributed by atoms with Crippen LogP contribution in [0.1, 0.15) is 51.4 Å².